The Morgan fingerprint density at radius 1 is 0.442 bits per heavy atom. The molecule has 1 saturated heterocycles. The molecule has 7 heterocycles. The van der Waals surface area contributed by atoms with E-state index in [1.54, 1.807) is 58.3 Å². The standard InChI is InChI=1S/C70H52N20O20S6.4Na/c1-87-43-21-19-37(53-55(43)51(31-11-3-5-13-33(31)59(53)91)57(63(87)93)61-75-35-15-7-9-17-47(35)113(97,98)85-61)73-39-27-42(50(116(104,105)106)29-45(39)111-109-107-95)78-68-80-66(72)82-70(84-68)90-25-23-89(24-26-90)69-81-65(71)79-67(83-69)77-40-28-41(49(115(101,102)103)30-46(40)112-110-108-96)74-38-20-22-44-56-52(32-12-4-6-14-34(32)60(92)54(38)56)58(64(94)88(44)2)62-76-36-16-8-10-18-48(36)114(99,100)86-62;;;;/h3-22,27-30,73-74,95-96H,23-26H2,1-2H3,(H,75,85)(H,76,86)(H,101,102,103)(H,104,105,106)(H3,71,77,79,81,83)(H3,72,78,80,82,84);;;;/q;4*+1/p-4. The molecule has 3 aliphatic heterocycles. The quantitative estimate of drug-likeness (QED) is 0.0116. The van der Waals surface area contributed by atoms with Crippen molar-refractivity contribution < 1.29 is 200 Å². The van der Waals surface area contributed by atoms with Gasteiger partial charge >= 0.3 is 118 Å². The van der Waals surface area contributed by atoms with Crippen molar-refractivity contribution in [2.75, 3.05) is 68.7 Å². The van der Waals surface area contributed by atoms with Gasteiger partial charge in [0.2, 0.25) is 35.7 Å². The number of carbonyl (C=O) groups is 2. The predicted molar refractivity (Wildman–Crippen MR) is 413 cm³/mol. The fourth-order valence-electron chi connectivity index (χ4n) is 14.4. The summed E-state index contributed by atoms with van der Waals surface area (Å²) in [5.74, 6) is -3.54. The van der Waals surface area contributed by atoms with Gasteiger partial charge in [-0.3, -0.25) is 38.7 Å². The van der Waals surface area contributed by atoms with E-state index in [2.05, 4.69) is 89.3 Å². The molecule has 1 fully saturated rings. The number of nitrogens with zero attached hydrogens (tertiary/aromatic N) is 12. The van der Waals surface area contributed by atoms with Crippen LogP contribution < -0.4 is 192 Å². The van der Waals surface area contributed by atoms with Crippen LogP contribution in [0.5, 0.6) is 0 Å². The molecule has 12 aromatic rings. The van der Waals surface area contributed by atoms with Gasteiger partial charge in [0.05, 0.1) is 122 Å². The summed E-state index contributed by atoms with van der Waals surface area (Å²) in [4.78, 5) is 95.2. The first-order valence-corrected chi connectivity index (χ1v) is 41.0. The number of hydrogen-bond donors (Lipinski definition) is 8. The number of sulfonamides is 2. The monoisotopic (exact) mass is 1770 g/mol. The maximum Gasteiger partial charge on any atom is 1.00 e. The van der Waals surface area contributed by atoms with Gasteiger partial charge in [0.15, 0.2) is 23.2 Å². The number of piperazine rings is 1. The predicted octanol–water partition coefficient (Wildman–Crippen LogP) is -7.33. The Balaban J connectivity index is 0.00000311. The molecule has 120 heavy (non-hydrogen) atoms. The number of aromatic nitrogens is 8. The Labute approximate surface area is 774 Å². The summed E-state index contributed by atoms with van der Waals surface area (Å²) in [6, 6.07) is 33.8. The zero-order chi connectivity index (χ0) is 81.3. The zero-order valence-electron chi connectivity index (χ0n) is 62.8. The molecule has 4 aromatic heterocycles. The van der Waals surface area contributed by atoms with Gasteiger partial charge in [0.25, 0.3) is 31.2 Å². The largest absolute Gasteiger partial charge is 1.00 e. The van der Waals surface area contributed by atoms with Crippen molar-refractivity contribution in [2.45, 2.75) is 29.4 Å². The Bertz CT molecular complexity index is 7100. The Hall–Kier alpha value is -8.94. The van der Waals surface area contributed by atoms with Crippen molar-refractivity contribution in [1.82, 2.24) is 48.5 Å². The van der Waals surface area contributed by atoms with E-state index in [1.807, 2.05) is 0 Å². The molecule has 0 atom stereocenters. The number of nitrogen functional groups attached to an aromatic ring is 2. The van der Waals surface area contributed by atoms with Crippen LogP contribution in [0.3, 0.4) is 0 Å². The van der Waals surface area contributed by atoms with Crippen molar-refractivity contribution >= 4 is 191 Å². The van der Waals surface area contributed by atoms with Crippen molar-refractivity contribution in [2.24, 2.45) is 24.1 Å². The molecule has 0 bridgehead atoms. The SMILES string of the molecule is Cn1c(=O)c(C2=Nc3ccccc3S(=O)(=O)N2)c2c3c(c(Nc4cc(Nc5nc(N)nc(N6CCN(c7nc(N)nc(Nc8cc(Nc9ccc%10c%11c9C(=O)c9ccccc9-c%11c(C9=Nc%11ccccc%11S(=O)(=O)N9)c(=O)n%10C)c(S(=O)(=O)[O-])cc8SOO[O-])n7)CC6)n5)c(S(=O)(=O)[O-])cc4SOO[O-])ccc31)C(=O)c1ccccc1-2.[Na+].[Na+].[Na+].[Na+]. The summed E-state index contributed by atoms with van der Waals surface area (Å²) in [6.07, 6.45) is 0. The summed E-state index contributed by atoms with van der Waals surface area (Å²) < 4.78 is 151. The van der Waals surface area contributed by atoms with Crippen LogP contribution in [0.1, 0.15) is 43.0 Å². The molecule has 50 heteroatoms. The van der Waals surface area contributed by atoms with E-state index in [-0.39, 0.29) is 335 Å². The fraction of sp³-hybridized carbons (Fsp3) is 0.0857. The number of aliphatic imine (C=N–C) groups is 2. The third-order valence-corrected chi connectivity index (χ3v) is 25.1. The normalized spacial score (nSPS) is 14.5. The van der Waals surface area contributed by atoms with Crippen LogP contribution in [0.4, 0.5) is 81.2 Å². The van der Waals surface area contributed by atoms with Crippen LogP contribution >= 0.6 is 24.1 Å². The van der Waals surface area contributed by atoms with Crippen molar-refractivity contribution in [3.8, 4) is 22.3 Å². The number of fused-ring (bicyclic) bond motifs is 6. The molecule has 40 nitrogen and oxygen atoms in total. The van der Waals surface area contributed by atoms with E-state index in [1.165, 1.54) is 96.0 Å². The minimum absolute atomic E-state index is 0. The van der Waals surface area contributed by atoms with E-state index in [0.29, 0.717) is 0 Å². The van der Waals surface area contributed by atoms with Gasteiger partial charge in [-0.05, 0) is 83.9 Å². The zero-order valence-corrected chi connectivity index (χ0v) is 75.7. The molecule has 0 amide bonds. The maximum atomic E-state index is 15.0. The van der Waals surface area contributed by atoms with E-state index in [0.717, 1.165) is 24.3 Å². The van der Waals surface area contributed by atoms with Crippen molar-refractivity contribution in [3.05, 3.63) is 200 Å². The van der Waals surface area contributed by atoms with Crippen molar-refractivity contribution in [3.63, 3.8) is 0 Å². The number of ketones is 2. The smallest absolute Gasteiger partial charge is 0.744 e. The number of nitrogens with two attached hydrogens (primary N) is 2. The Kier molecular flexibility index (Phi) is 25.5. The third kappa shape index (κ3) is 16.1. The van der Waals surface area contributed by atoms with E-state index in [9.17, 15) is 62.9 Å². The van der Waals surface area contributed by atoms with Gasteiger partial charge < -0.3 is 71.3 Å². The number of nitrogens with one attached hydrogen (secondary N) is 6. The minimum Gasteiger partial charge on any atom is -0.744 e. The Morgan fingerprint density at radius 2 is 0.800 bits per heavy atom. The van der Waals surface area contributed by atoms with Crippen molar-refractivity contribution in [1.29, 1.82) is 0 Å². The van der Waals surface area contributed by atoms with E-state index in [4.69, 9.17) is 11.5 Å². The van der Waals surface area contributed by atoms with Crippen LogP contribution in [0.15, 0.2) is 195 Å². The number of aryl methyl sites for hydroxylation is 2. The average molecular weight is 1770 g/mol. The number of rotatable bonds is 20. The molecule has 10 N–H and O–H groups in total. The molecule has 0 unspecified atom stereocenters. The van der Waals surface area contributed by atoms with Gasteiger partial charge in [0, 0.05) is 73.3 Å². The number of anilines is 12. The van der Waals surface area contributed by atoms with E-state index < -0.39 is 96.0 Å². The van der Waals surface area contributed by atoms with Crippen LogP contribution in [0.25, 0.3) is 44.1 Å². The topological polar surface area (TPSA) is 577 Å². The van der Waals surface area contributed by atoms with Gasteiger partial charge in [-0.15, -0.1) is 0 Å². The van der Waals surface area contributed by atoms with Crippen LogP contribution in [-0.2, 0) is 73.1 Å². The van der Waals surface area contributed by atoms with Crippen LogP contribution in [-0.4, -0.2) is 131 Å². The minimum atomic E-state index is -5.52. The first kappa shape index (κ1) is 88.8. The first-order chi connectivity index (χ1) is 55.5. The van der Waals surface area contributed by atoms with Crippen LogP contribution in [0, 0.1) is 0 Å². The van der Waals surface area contributed by atoms with Gasteiger partial charge in [-0.25, -0.2) is 43.7 Å². The van der Waals surface area contributed by atoms with Gasteiger partial charge in [-0.2, -0.15) is 38.6 Å². The molecule has 588 valence electrons. The third-order valence-electron chi connectivity index (χ3n) is 19.3. The number of hydrogen-bond acceptors (Lipinski definition) is 38. The molecule has 17 rings (SSSR count). The fourth-order valence-corrected chi connectivity index (χ4v) is 19.1. The summed E-state index contributed by atoms with van der Waals surface area (Å²) in [6.45, 7) is 0.255. The van der Waals surface area contributed by atoms with E-state index >= 15 is 9.59 Å². The molecular formula is C70H48N20Na4O20S6. The molecule has 2 aliphatic carbocycles. The van der Waals surface area contributed by atoms with Gasteiger partial charge in [-0.1, -0.05) is 72.8 Å². The first-order valence-electron chi connectivity index (χ1n) is 33.7. The molecule has 0 spiro atoms. The molecule has 5 aliphatic rings. The maximum absolute atomic E-state index is 15.0. The summed E-state index contributed by atoms with van der Waals surface area (Å²) in [7, 11) is -16.8. The number of amidine groups is 2. The Morgan fingerprint density at radius 3 is 1.20 bits per heavy atom. The molecule has 0 saturated carbocycles. The average Bonchev–Trinajstić information content (AvgIpc) is 0.706. The number of benzene rings is 8. The number of para-hydroxylation sites is 2. The summed E-state index contributed by atoms with van der Waals surface area (Å²) in [5, 5.41) is 41.9. The number of pyridine rings is 2. The molecule has 8 aromatic carbocycles. The summed E-state index contributed by atoms with van der Waals surface area (Å²) in [5.41, 5.74) is 10.4. The second-order valence-corrected chi connectivity index (χ2v) is 33.4. The molecular weight excluding hydrogens is 1730 g/mol. The second-order valence-electron chi connectivity index (χ2n) is 26.0. The van der Waals surface area contributed by atoms with Gasteiger partial charge in [0.1, 0.15) is 30.0 Å². The number of carbonyl (C=O) groups excluding carboxylic acids is 2. The summed E-state index contributed by atoms with van der Waals surface area (Å²) >= 11 is 0.340. The van der Waals surface area contributed by atoms with Crippen LogP contribution in [0.2, 0.25) is 0 Å². The molecule has 0 radical (unpaired) electrons. The second kappa shape index (κ2) is 34.4.